The summed E-state index contributed by atoms with van der Waals surface area (Å²) < 4.78 is 0. The number of benzene rings is 2. The molecule has 212 valence electrons. The third-order valence-electron chi connectivity index (χ3n) is 6.08. The van der Waals surface area contributed by atoms with E-state index in [9.17, 15) is 14.4 Å². The average Bonchev–Trinajstić information content (AvgIpc) is 2.93. The minimum atomic E-state index is -0.907. The molecule has 2 aromatic carbocycles. The van der Waals surface area contributed by atoms with Crippen LogP contribution in [0.5, 0.6) is 0 Å². The van der Waals surface area contributed by atoms with Gasteiger partial charge >= 0.3 is 17.9 Å². The van der Waals surface area contributed by atoms with Crippen LogP contribution in [0, 0.1) is 5.92 Å². The Morgan fingerprint density at radius 3 is 1.74 bits per heavy atom. The molecule has 0 radical (unpaired) electrons. The van der Waals surface area contributed by atoms with Crippen LogP contribution in [0.15, 0.2) is 90.5 Å². The van der Waals surface area contributed by atoms with E-state index < -0.39 is 17.9 Å². The largest absolute Gasteiger partial charge is 0.478 e. The summed E-state index contributed by atoms with van der Waals surface area (Å²) in [5, 5.41) is 25.8. The van der Waals surface area contributed by atoms with E-state index in [4.69, 9.17) is 15.3 Å². The van der Waals surface area contributed by atoms with Gasteiger partial charge in [-0.3, -0.25) is 0 Å². The first-order valence-corrected chi connectivity index (χ1v) is 13.3. The van der Waals surface area contributed by atoms with Gasteiger partial charge in [0, 0.05) is 16.7 Å². The molecule has 0 aliphatic heterocycles. The van der Waals surface area contributed by atoms with Crippen molar-refractivity contribution in [1.82, 2.24) is 0 Å². The van der Waals surface area contributed by atoms with E-state index in [2.05, 4.69) is 27.0 Å². The maximum Gasteiger partial charge on any atom is 0.331 e. The van der Waals surface area contributed by atoms with Crippen LogP contribution in [0.25, 0.3) is 6.08 Å². The molecule has 6 heteroatoms. The molecule has 0 heterocycles. The number of hydrogen-bond acceptors (Lipinski definition) is 3. The Balaban J connectivity index is 0.000000556. The van der Waals surface area contributed by atoms with Gasteiger partial charge in [-0.1, -0.05) is 113 Å². The van der Waals surface area contributed by atoms with Gasteiger partial charge in [0.05, 0.1) is 0 Å². The minimum Gasteiger partial charge on any atom is -0.478 e. The van der Waals surface area contributed by atoms with E-state index in [1.54, 1.807) is 13.0 Å². The number of carboxylic acids is 3. The van der Waals surface area contributed by atoms with Crippen molar-refractivity contribution in [2.24, 2.45) is 5.92 Å². The van der Waals surface area contributed by atoms with Crippen molar-refractivity contribution in [3.05, 3.63) is 102 Å². The van der Waals surface area contributed by atoms with Gasteiger partial charge in [-0.2, -0.15) is 0 Å². The molecule has 0 aliphatic rings. The summed E-state index contributed by atoms with van der Waals surface area (Å²) >= 11 is 0. The van der Waals surface area contributed by atoms with E-state index in [0.29, 0.717) is 29.9 Å². The van der Waals surface area contributed by atoms with E-state index in [0.717, 1.165) is 30.4 Å². The summed E-state index contributed by atoms with van der Waals surface area (Å²) in [6.07, 6.45) is 9.34. The first-order valence-electron chi connectivity index (χ1n) is 13.3. The van der Waals surface area contributed by atoms with Gasteiger partial charge in [0.15, 0.2) is 0 Å². The van der Waals surface area contributed by atoms with Crippen LogP contribution >= 0.6 is 0 Å². The van der Waals surface area contributed by atoms with Gasteiger partial charge in [0.2, 0.25) is 0 Å². The summed E-state index contributed by atoms with van der Waals surface area (Å²) in [5.41, 5.74) is 3.02. The van der Waals surface area contributed by atoms with Crippen molar-refractivity contribution in [2.45, 2.75) is 72.1 Å². The molecule has 1 atom stereocenters. The molecule has 2 aromatic rings. The molecular weight excluding hydrogens is 492 g/mol. The molecule has 0 aliphatic carbocycles. The lowest BCUT2D eigenvalue weighted by atomic mass is 9.93. The molecule has 2 rings (SSSR count). The fourth-order valence-electron chi connectivity index (χ4n) is 3.44. The van der Waals surface area contributed by atoms with E-state index >= 15 is 0 Å². The van der Waals surface area contributed by atoms with Crippen LogP contribution in [0.2, 0.25) is 0 Å². The quantitative estimate of drug-likeness (QED) is 0.211. The monoisotopic (exact) mass is 536 g/mol. The Morgan fingerprint density at radius 1 is 0.769 bits per heavy atom. The first-order chi connectivity index (χ1) is 18.5. The molecule has 0 saturated carbocycles. The lowest BCUT2D eigenvalue weighted by Crippen LogP contribution is -2.04. The van der Waals surface area contributed by atoms with Gasteiger partial charge in [-0.05, 0) is 55.7 Å². The lowest BCUT2D eigenvalue weighted by molar-refractivity contribution is -0.133. The second kappa shape index (κ2) is 21.1. The molecule has 0 aromatic heterocycles. The highest BCUT2D eigenvalue weighted by atomic mass is 16.4. The standard InChI is InChI=1S/C12H22O2.C11H12O2.C10H10O2/c1-4-6-7-11(5-2)9-8-10(3)12(13)14;1-9(11(12)13)7-8-10-5-3-2-4-6-10;1-8(10(11)12)7-9-5-3-2-4-6-9/h11H,3-9H2,1-2H3,(H,13,14);2-6H,1,7-8H2,(H,12,13);2-7H,1H3,(H,11,12). The molecular formula is C33H44O6. The molecule has 39 heavy (non-hydrogen) atoms. The maximum absolute atomic E-state index is 10.5. The minimum absolute atomic E-state index is 0.267. The topological polar surface area (TPSA) is 112 Å². The van der Waals surface area contributed by atoms with Gasteiger partial charge < -0.3 is 15.3 Å². The molecule has 0 saturated heterocycles. The highest BCUT2D eigenvalue weighted by Crippen LogP contribution is 2.20. The highest BCUT2D eigenvalue weighted by molar-refractivity contribution is 5.91. The second-order valence-electron chi connectivity index (χ2n) is 9.30. The number of hydrogen-bond donors (Lipinski definition) is 3. The molecule has 0 spiro atoms. The van der Waals surface area contributed by atoms with Crippen molar-refractivity contribution < 1.29 is 29.7 Å². The van der Waals surface area contributed by atoms with E-state index in [1.165, 1.54) is 19.3 Å². The summed E-state index contributed by atoms with van der Waals surface area (Å²) in [5.74, 6) is -1.96. The van der Waals surface area contributed by atoms with Gasteiger partial charge in [0.1, 0.15) is 0 Å². The van der Waals surface area contributed by atoms with Crippen LogP contribution < -0.4 is 0 Å². The summed E-state index contributed by atoms with van der Waals surface area (Å²) in [6, 6.07) is 19.2. The first kappa shape index (κ1) is 35.1. The number of unbranched alkanes of at least 4 members (excludes halogenated alkanes) is 1. The number of rotatable bonds is 14. The Kier molecular flexibility index (Phi) is 18.9. The average molecular weight is 537 g/mol. The van der Waals surface area contributed by atoms with Crippen LogP contribution in [0.3, 0.4) is 0 Å². The zero-order valence-corrected chi connectivity index (χ0v) is 23.6. The summed E-state index contributed by atoms with van der Waals surface area (Å²) in [4.78, 5) is 31.4. The third kappa shape index (κ3) is 18.0. The Morgan fingerprint density at radius 2 is 1.28 bits per heavy atom. The van der Waals surface area contributed by atoms with Crippen LogP contribution in [0.4, 0.5) is 0 Å². The SMILES string of the molecule is C=C(CCC(CC)CCCC)C(=O)O.C=C(CCc1ccccc1)C(=O)O.CC(=Cc1ccccc1)C(=O)O. The number of aryl methyl sites for hydroxylation is 1. The lowest BCUT2D eigenvalue weighted by Gasteiger charge is -2.13. The molecule has 3 N–H and O–H groups in total. The fraction of sp³-hybridized carbons (Fsp3) is 0.364. The van der Waals surface area contributed by atoms with Gasteiger partial charge in [-0.15, -0.1) is 0 Å². The number of carboxylic acid groups (broad SMARTS) is 3. The van der Waals surface area contributed by atoms with Crippen molar-refractivity contribution in [1.29, 1.82) is 0 Å². The molecule has 6 nitrogen and oxygen atoms in total. The normalized spacial score (nSPS) is 11.1. The molecule has 0 bridgehead atoms. The third-order valence-corrected chi connectivity index (χ3v) is 6.08. The van der Waals surface area contributed by atoms with Crippen LogP contribution in [-0.4, -0.2) is 33.2 Å². The van der Waals surface area contributed by atoms with Crippen molar-refractivity contribution in [3.8, 4) is 0 Å². The maximum atomic E-state index is 10.5. The van der Waals surface area contributed by atoms with Crippen LogP contribution in [0.1, 0.15) is 76.8 Å². The molecule has 1 unspecified atom stereocenters. The Labute approximate surface area is 233 Å². The van der Waals surface area contributed by atoms with Crippen molar-refractivity contribution >= 4 is 24.0 Å². The zero-order chi connectivity index (χ0) is 29.6. The highest BCUT2D eigenvalue weighted by Gasteiger charge is 2.09. The molecule has 0 fully saturated rings. The second-order valence-corrected chi connectivity index (χ2v) is 9.30. The molecule has 0 amide bonds. The van der Waals surface area contributed by atoms with E-state index in [-0.39, 0.29) is 5.57 Å². The smallest absolute Gasteiger partial charge is 0.331 e. The number of aliphatic carboxylic acids is 3. The van der Waals surface area contributed by atoms with Crippen molar-refractivity contribution in [3.63, 3.8) is 0 Å². The predicted octanol–water partition coefficient (Wildman–Crippen LogP) is 8.06. The predicted molar refractivity (Wildman–Crippen MR) is 159 cm³/mol. The van der Waals surface area contributed by atoms with Crippen LogP contribution in [-0.2, 0) is 20.8 Å². The zero-order valence-electron chi connectivity index (χ0n) is 23.6. The van der Waals surface area contributed by atoms with Gasteiger partial charge in [0.25, 0.3) is 0 Å². The number of carbonyl (C=O) groups is 3. The van der Waals surface area contributed by atoms with Gasteiger partial charge in [-0.25, -0.2) is 14.4 Å². The Hall–Kier alpha value is -3.93. The fourth-order valence-corrected chi connectivity index (χ4v) is 3.44. The van der Waals surface area contributed by atoms with Crippen molar-refractivity contribution in [2.75, 3.05) is 0 Å². The summed E-state index contributed by atoms with van der Waals surface area (Å²) in [6.45, 7) is 12.9. The van der Waals surface area contributed by atoms with E-state index in [1.807, 2.05) is 60.7 Å². The Bertz CT molecular complexity index is 1050. The summed E-state index contributed by atoms with van der Waals surface area (Å²) in [7, 11) is 0.